The van der Waals surface area contributed by atoms with Crippen molar-refractivity contribution in [1.29, 1.82) is 0 Å². The van der Waals surface area contributed by atoms with Crippen molar-refractivity contribution < 1.29 is 14.3 Å². The second kappa shape index (κ2) is 9.19. The molecular formula is C21H24N4O3S. The number of piperazine rings is 1. The Morgan fingerprint density at radius 1 is 1.00 bits per heavy atom. The van der Waals surface area contributed by atoms with Gasteiger partial charge in [-0.3, -0.25) is 9.59 Å². The summed E-state index contributed by atoms with van der Waals surface area (Å²) in [6.07, 6.45) is 5.17. The molecule has 0 N–H and O–H groups in total. The van der Waals surface area contributed by atoms with Crippen LogP contribution < -0.4 is 4.90 Å². The third-order valence-corrected chi connectivity index (χ3v) is 5.98. The van der Waals surface area contributed by atoms with E-state index in [0.717, 1.165) is 23.8 Å². The Morgan fingerprint density at radius 2 is 1.76 bits per heavy atom. The van der Waals surface area contributed by atoms with Gasteiger partial charge in [0.15, 0.2) is 0 Å². The van der Waals surface area contributed by atoms with Gasteiger partial charge < -0.3 is 19.4 Å². The Morgan fingerprint density at radius 3 is 2.48 bits per heavy atom. The monoisotopic (exact) mass is 412 g/mol. The SMILES string of the molecule is O=C(C=Cc1cccs1)N1CCN(C(=O)c2cccnc2N2CCOCC2)CC1. The van der Waals surface area contributed by atoms with Gasteiger partial charge in [-0.05, 0) is 29.7 Å². The van der Waals surface area contributed by atoms with Crippen LogP contribution in [-0.2, 0) is 9.53 Å². The number of amides is 2. The summed E-state index contributed by atoms with van der Waals surface area (Å²) in [6, 6.07) is 7.57. The standard InChI is InChI=1S/C21H24N4O3S/c26-19(6-5-17-3-2-16-29-17)23-8-10-25(11-9-23)21(27)18-4-1-7-22-20(18)24-12-14-28-15-13-24/h1-7,16H,8-15H2. The number of rotatable bonds is 4. The maximum absolute atomic E-state index is 13.1. The first-order valence-corrected chi connectivity index (χ1v) is 10.7. The molecule has 152 valence electrons. The molecule has 8 heteroatoms. The number of anilines is 1. The molecule has 7 nitrogen and oxygen atoms in total. The largest absolute Gasteiger partial charge is 0.378 e. The molecule has 0 spiro atoms. The summed E-state index contributed by atoms with van der Waals surface area (Å²) in [4.78, 5) is 36.8. The van der Waals surface area contributed by atoms with Crippen LogP contribution in [-0.4, -0.2) is 79.1 Å². The average molecular weight is 413 g/mol. The summed E-state index contributed by atoms with van der Waals surface area (Å²) >= 11 is 1.60. The number of hydrogen-bond donors (Lipinski definition) is 0. The van der Waals surface area contributed by atoms with Crippen molar-refractivity contribution in [3.05, 3.63) is 52.4 Å². The third kappa shape index (κ3) is 4.65. The lowest BCUT2D eigenvalue weighted by Gasteiger charge is -2.35. The summed E-state index contributed by atoms with van der Waals surface area (Å²) < 4.78 is 5.41. The van der Waals surface area contributed by atoms with E-state index in [0.29, 0.717) is 45.0 Å². The lowest BCUT2D eigenvalue weighted by molar-refractivity contribution is -0.127. The fourth-order valence-electron chi connectivity index (χ4n) is 3.54. The van der Waals surface area contributed by atoms with Crippen molar-refractivity contribution in [2.75, 3.05) is 57.4 Å². The molecule has 0 bridgehead atoms. The first-order valence-electron chi connectivity index (χ1n) is 9.80. The smallest absolute Gasteiger partial charge is 0.257 e. The Labute approximate surface area is 174 Å². The van der Waals surface area contributed by atoms with Crippen molar-refractivity contribution in [3.63, 3.8) is 0 Å². The Balaban J connectivity index is 1.37. The number of carbonyl (C=O) groups is 2. The highest BCUT2D eigenvalue weighted by Crippen LogP contribution is 2.21. The Kier molecular flexibility index (Phi) is 6.21. The van der Waals surface area contributed by atoms with Gasteiger partial charge in [0, 0.05) is 56.4 Å². The van der Waals surface area contributed by atoms with Crippen LogP contribution in [0.3, 0.4) is 0 Å². The number of nitrogens with zero attached hydrogens (tertiary/aromatic N) is 4. The molecule has 0 aromatic carbocycles. The molecule has 2 fully saturated rings. The van der Waals surface area contributed by atoms with Crippen molar-refractivity contribution in [3.8, 4) is 0 Å². The number of pyridine rings is 1. The highest BCUT2D eigenvalue weighted by atomic mass is 32.1. The number of ether oxygens (including phenoxy) is 1. The summed E-state index contributed by atoms with van der Waals surface area (Å²) in [5, 5.41) is 1.98. The van der Waals surface area contributed by atoms with Crippen LogP contribution in [0.1, 0.15) is 15.2 Å². The first-order chi connectivity index (χ1) is 14.2. The van der Waals surface area contributed by atoms with Crippen molar-refractivity contribution in [2.24, 2.45) is 0 Å². The molecule has 2 saturated heterocycles. The molecule has 29 heavy (non-hydrogen) atoms. The second-order valence-corrected chi connectivity index (χ2v) is 7.92. The van der Waals surface area contributed by atoms with E-state index >= 15 is 0 Å². The van der Waals surface area contributed by atoms with E-state index in [4.69, 9.17) is 4.74 Å². The highest BCUT2D eigenvalue weighted by Gasteiger charge is 2.27. The maximum atomic E-state index is 13.1. The molecule has 0 aliphatic carbocycles. The molecule has 0 unspecified atom stereocenters. The summed E-state index contributed by atoms with van der Waals surface area (Å²) in [5.41, 5.74) is 0.617. The lowest BCUT2D eigenvalue weighted by atomic mass is 10.1. The van der Waals surface area contributed by atoms with E-state index in [1.54, 1.807) is 34.6 Å². The molecule has 2 aromatic rings. The van der Waals surface area contributed by atoms with Crippen molar-refractivity contribution in [1.82, 2.24) is 14.8 Å². The van der Waals surface area contributed by atoms with Gasteiger partial charge in [0.2, 0.25) is 5.91 Å². The molecule has 0 saturated carbocycles. The fourth-order valence-corrected chi connectivity index (χ4v) is 4.15. The van der Waals surface area contributed by atoms with Gasteiger partial charge in [-0.15, -0.1) is 11.3 Å². The maximum Gasteiger partial charge on any atom is 0.257 e. The van der Waals surface area contributed by atoms with Crippen molar-refractivity contribution >= 4 is 35.0 Å². The van der Waals surface area contributed by atoms with Gasteiger partial charge >= 0.3 is 0 Å². The van der Waals surface area contributed by atoms with E-state index in [1.807, 2.05) is 34.6 Å². The van der Waals surface area contributed by atoms with Gasteiger partial charge in [-0.1, -0.05) is 6.07 Å². The van der Waals surface area contributed by atoms with Crippen LogP contribution in [0.4, 0.5) is 5.82 Å². The van der Waals surface area contributed by atoms with Crippen LogP contribution in [0, 0.1) is 0 Å². The van der Waals surface area contributed by atoms with Crippen LogP contribution in [0.5, 0.6) is 0 Å². The Hall–Kier alpha value is -2.71. The number of carbonyl (C=O) groups excluding carboxylic acids is 2. The summed E-state index contributed by atoms with van der Waals surface area (Å²) in [5.74, 6) is 0.680. The lowest BCUT2D eigenvalue weighted by Crippen LogP contribution is -2.50. The van der Waals surface area contributed by atoms with E-state index in [2.05, 4.69) is 9.88 Å². The van der Waals surface area contributed by atoms with Crippen LogP contribution >= 0.6 is 11.3 Å². The number of morpholine rings is 1. The molecular weight excluding hydrogens is 388 g/mol. The summed E-state index contributed by atoms with van der Waals surface area (Å²) in [6.45, 7) is 4.86. The third-order valence-electron chi connectivity index (χ3n) is 5.14. The van der Waals surface area contributed by atoms with E-state index in [9.17, 15) is 9.59 Å². The predicted molar refractivity (Wildman–Crippen MR) is 113 cm³/mol. The number of aromatic nitrogens is 1. The zero-order valence-electron chi connectivity index (χ0n) is 16.2. The zero-order valence-corrected chi connectivity index (χ0v) is 17.0. The average Bonchev–Trinajstić information content (AvgIpc) is 3.31. The fraction of sp³-hybridized carbons (Fsp3) is 0.381. The summed E-state index contributed by atoms with van der Waals surface area (Å²) in [7, 11) is 0. The quantitative estimate of drug-likeness (QED) is 0.719. The highest BCUT2D eigenvalue weighted by molar-refractivity contribution is 7.10. The minimum absolute atomic E-state index is 0.0131. The molecule has 2 aromatic heterocycles. The van der Waals surface area contributed by atoms with Gasteiger partial charge in [0.1, 0.15) is 5.82 Å². The van der Waals surface area contributed by atoms with Crippen molar-refractivity contribution in [2.45, 2.75) is 0 Å². The van der Waals surface area contributed by atoms with E-state index in [-0.39, 0.29) is 11.8 Å². The molecule has 4 rings (SSSR count). The minimum atomic E-state index is -0.0270. The second-order valence-electron chi connectivity index (χ2n) is 6.94. The molecule has 0 radical (unpaired) electrons. The number of hydrogen-bond acceptors (Lipinski definition) is 6. The van der Waals surface area contributed by atoms with Crippen LogP contribution in [0.25, 0.3) is 6.08 Å². The predicted octanol–water partition coefficient (Wildman–Crippen LogP) is 1.98. The van der Waals surface area contributed by atoms with Gasteiger partial charge in [-0.2, -0.15) is 0 Å². The first kappa shape index (κ1) is 19.6. The van der Waals surface area contributed by atoms with E-state index < -0.39 is 0 Å². The Bertz CT molecular complexity index is 870. The molecule has 2 aliphatic rings. The molecule has 4 heterocycles. The van der Waals surface area contributed by atoms with Gasteiger partial charge in [0.25, 0.3) is 5.91 Å². The van der Waals surface area contributed by atoms with Gasteiger partial charge in [0.05, 0.1) is 18.8 Å². The van der Waals surface area contributed by atoms with Crippen LogP contribution in [0.2, 0.25) is 0 Å². The van der Waals surface area contributed by atoms with E-state index in [1.165, 1.54) is 0 Å². The molecule has 2 amide bonds. The molecule has 2 aliphatic heterocycles. The van der Waals surface area contributed by atoms with Gasteiger partial charge in [-0.25, -0.2) is 4.98 Å². The topological polar surface area (TPSA) is 66.0 Å². The number of thiophene rings is 1. The zero-order chi connectivity index (χ0) is 20.1. The normalized spacial score (nSPS) is 17.7. The minimum Gasteiger partial charge on any atom is -0.378 e. The molecule has 0 atom stereocenters. The van der Waals surface area contributed by atoms with Crippen LogP contribution in [0.15, 0.2) is 41.9 Å².